The lowest BCUT2D eigenvalue weighted by Gasteiger charge is -2.16. The molecule has 5 nitrogen and oxygen atoms in total. The van der Waals surface area contributed by atoms with E-state index in [0.717, 1.165) is 11.3 Å². The number of nitrogens with zero attached hydrogens (tertiary/aromatic N) is 2. The summed E-state index contributed by atoms with van der Waals surface area (Å²) < 4.78 is 1.79. The summed E-state index contributed by atoms with van der Waals surface area (Å²) in [6.45, 7) is 3.60. The molecule has 0 bridgehead atoms. The molecule has 1 aromatic carbocycles. The van der Waals surface area contributed by atoms with Crippen LogP contribution in [0.1, 0.15) is 25.5 Å². The van der Waals surface area contributed by atoms with Crippen molar-refractivity contribution in [2.24, 2.45) is 5.73 Å². The van der Waals surface area contributed by atoms with Gasteiger partial charge in [-0.25, -0.2) is 4.68 Å². The van der Waals surface area contributed by atoms with Gasteiger partial charge in [-0.1, -0.05) is 12.1 Å². The van der Waals surface area contributed by atoms with Crippen molar-refractivity contribution < 1.29 is 4.79 Å². The first-order chi connectivity index (χ1) is 9.08. The molecule has 0 aliphatic rings. The fourth-order valence-electron chi connectivity index (χ4n) is 1.77. The third kappa shape index (κ3) is 3.20. The molecule has 5 heteroatoms. The van der Waals surface area contributed by atoms with Crippen molar-refractivity contribution in [1.82, 2.24) is 15.1 Å². The van der Waals surface area contributed by atoms with E-state index < -0.39 is 6.04 Å². The van der Waals surface area contributed by atoms with E-state index >= 15 is 0 Å². The topological polar surface area (TPSA) is 72.9 Å². The fourth-order valence-corrected chi connectivity index (χ4v) is 1.77. The quantitative estimate of drug-likeness (QED) is 0.870. The number of aromatic nitrogens is 2. The van der Waals surface area contributed by atoms with Crippen LogP contribution in [-0.4, -0.2) is 21.7 Å². The van der Waals surface area contributed by atoms with Gasteiger partial charge < -0.3 is 11.1 Å². The summed E-state index contributed by atoms with van der Waals surface area (Å²) >= 11 is 0. The van der Waals surface area contributed by atoms with Crippen molar-refractivity contribution in [2.75, 3.05) is 0 Å². The summed E-state index contributed by atoms with van der Waals surface area (Å²) in [6, 6.07) is 9.20. The van der Waals surface area contributed by atoms with Crippen LogP contribution in [0.15, 0.2) is 42.7 Å². The Morgan fingerprint density at radius 2 is 2.00 bits per heavy atom. The number of nitrogens with two attached hydrogens (primary N) is 1. The second-order valence-corrected chi connectivity index (χ2v) is 4.56. The molecule has 2 aromatic rings. The highest BCUT2D eigenvalue weighted by Crippen LogP contribution is 2.15. The minimum absolute atomic E-state index is 0.0647. The molecule has 1 amide bonds. The second-order valence-electron chi connectivity index (χ2n) is 4.56. The Hall–Kier alpha value is -2.14. The summed E-state index contributed by atoms with van der Waals surface area (Å²) in [6.07, 6.45) is 3.62. The first kappa shape index (κ1) is 13.3. The van der Waals surface area contributed by atoms with Crippen LogP contribution in [0.3, 0.4) is 0 Å². The van der Waals surface area contributed by atoms with Crippen LogP contribution in [0.25, 0.3) is 5.69 Å². The molecule has 0 aliphatic heterocycles. The van der Waals surface area contributed by atoms with Gasteiger partial charge in [0.25, 0.3) is 0 Å². The molecule has 1 heterocycles. The first-order valence-electron chi connectivity index (χ1n) is 6.24. The highest BCUT2D eigenvalue weighted by molar-refractivity contribution is 5.81. The summed E-state index contributed by atoms with van der Waals surface area (Å²) in [4.78, 5) is 11.5. The van der Waals surface area contributed by atoms with Gasteiger partial charge in [-0.05, 0) is 37.6 Å². The molecule has 1 unspecified atom stereocenters. The van der Waals surface area contributed by atoms with E-state index in [1.54, 1.807) is 17.8 Å². The van der Waals surface area contributed by atoms with Crippen molar-refractivity contribution in [3.8, 4) is 5.69 Å². The Morgan fingerprint density at radius 1 is 1.32 bits per heavy atom. The van der Waals surface area contributed by atoms with E-state index in [9.17, 15) is 4.79 Å². The predicted octanol–water partition coefficient (Wildman–Crippen LogP) is 1.40. The Kier molecular flexibility index (Phi) is 3.97. The van der Waals surface area contributed by atoms with E-state index in [0.29, 0.717) is 0 Å². The molecular weight excluding hydrogens is 240 g/mol. The summed E-state index contributed by atoms with van der Waals surface area (Å²) in [5.74, 6) is -0.149. The molecule has 0 fully saturated rings. The Labute approximate surface area is 112 Å². The number of hydrogen-bond acceptors (Lipinski definition) is 3. The van der Waals surface area contributed by atoms with Crippen molar-refractivity contribution >= 4 is 5.91 Å². The average molecular weight is 258 g/mol. The molecule has 19 heavy (non-hydrogen) atoms. The van der Waals surface area contributed by atoms with Crippen LogP contribution >= 0.6 is 0 Å². The van der Waals surface area contributed by atoms with E-state index in [2.05, 4.69) is 10.4 Å². The lowest BCUT2D eigenvalue weighted by Crippen LogP contribution is -2.39. The molecule has 100 valence electrons. The van der Waals surface area contributed by atoms with Crippen LogP contribution in [-0.2, 0) is 4.79 Å². The van der Waals surface area contributed by atoms with Crippen LogP contribution in [0.5, 0.6) is 0 Å². The first-order valence-corrected chi connectivity index (χ1v) is 6.24. The van der Waals surface area contributed by atoms with Crippen LogP contribution in [0, 0.1) is 0 Å². The maximum atomic E-state index is 11.5. The summed E-state index contributed by atoms with van der Waals surface area (Å²) in [5, 5.41) is 7.03. The molecule has 0 aliphatic carbocycles. The van der Waals surface area contributed by atoms with E-state index in [1.807, 2.05) is 43.5 Å². The van der Waals surface area contributed by atoms with Crippen molar-refractivity contribution in [2.45, 2.75) is 25.9 Å². The predicted molar refractivity (Wildman–Crippen MR) is 73.8 cm³/mol. The molecule has 2 rings (SSSR count). The maximum Gasteiger partial charge on any atom is 0.237 e. The highest BCUT2D eigenvalue weighted by atomic mass is 16.2. The minimum atomic E-state index is -0.495. The maximum absolute atomic E-state index is 11.5. The van der Waals surface area contributed by atoms with Crippen molar-refractivity contribution in [3.05, 3.63) is 48.3 Å². The van der Waals surface area contributed by atoms with Crippen LogP contribution in [0.2, 0.25) is 0 Å². The number of amides is 1. The lowest BCUT2D eigenvalue weighted by atomic mass is 10.1. The molecule has 0 radical (unpaired) electrons. The third-order valence-corrected chi connectivity index (χ3v) is 2.93. The Balaban J connectivity index is 2.08. The Morgan fingerprint density at radius 3 is 2.53 bits per heavy atom. The summed E-state index contributed by atoms with van der Waals surface area (Å²) in [7, 11) is 0. The van der Waals surface area contributed by atoms with Gasteiger partial charge in [0.2, 0.25) is 5.91 Å². The zero-order valence-electron chi connectivity index (χ0n) is 11.1. The van der Waals surface area contributed by atoms with Gasteiger partial charge in [-0.2, -0.15) is 5.10 Å². The number of rotatable bonds is 4. The van der Waals surface area contributed by atoms with Gasteiger partial charge in [-0.15, -0.1) is 0 Å². The monoisotopic (exact) mass is 258 g/mol. The molecule has 0 saturated carbocycles. The zero-order valence-corrected chi connectivity index (χ0v) is 11.1. The molecule has 2 atom stereocenters. The third-order valence-electron chi connectivity index (χ3n) is 2.93. The standard InChI is InChI=1S/C14H18N4O/c1-10(15)14(19)17-11(2)12-4-6-13(7-5-12)18-9-3-8-16-18/h3-11H,15H2,1-2H3,(H,17,19)/t10-,11?/m0/s1. The van der Waals surface area contributed by atoms with Gasteiger partial charge in [0.1, 0.15) is 0 Å². The smallest absolute Gasteiger partial charge is 0.237 e. The van der Waals surface area contributed by atoms with Crippen molar-refractivity contribution in [3.63, 3.8) is 0 Å². The summed E-state index contributed by atoms with van der Waals surface area (Å²) in [5.41, 5.74) is 7.54. The molecule has 0 saturated heterocycles. The second kappa shape index (κ2) is 5.67. The number of nitrogens with one attached hydrogen (secondary N) is 1. The average Bonchev–Trinajstić information content (AvgIpc) is 2.92. The normalized spacial score (nSPS) is 13.8. The number of carbonyl (C=O) groups is 1. The minimum Gasteiger partial charge on any atom is -0.348 e. The van der Waals surface area contributed by atoms with Gasteiger partial charge in [0.15, 0.2) is 0 Å². The van der Waals surface area contributed by atoms with E-state index in [1.165, 1.54) is 0 Å². The highest BCUT2D eigenvalue weighted by Gasteiger charge is 2.12. The van der Waals surface area contributed by atoms with E-state index in [4.69, 9.17) is 5.73 Å². The number of carbonyl (C=O) groups excluding carboxylic acids is 1. The zero-order chi connectivity index (χ0) is 13.8. The molecule has 3 N–H and O–H groups in total. The van der Waals surface area contributed by atoms with Gasteiger partial charge in [0, 0.05) is 12.4 Å². The van der Waals surface area contributed by atoms with Crippen LogP contribution in [0.4, 0.5) is 0 Å². The lowest BCUT2D eigenvalue weighted by molar-refractivity contribution is -0.122. The van der Waals surface area contributed by atoms with Gasteiger partial charge >= 0.3 is 0 Å². The Bertz CT molecular complexity index is 531. The number of benzene rings is 1. The van der Waals surface area contributed by atoms with E-state index in [-0.39, 0.29) is 11.9 Å². The SMILES string of the molecule is CC(NC(=O)[C@H](C)N)c1ccc(-n2cccn2)cc1. The molecule has 1 aromatic heterocycles. The van der Waals surface area contributed by atoms with Gasteiger partial charge in [-0.3, -0.25) is 4.79 Å². The fraction of sp³-hybridized carbons (Fsp3) is 0.286. The van der Waals surface area contributed by atoms with Crippen LogP contribution < -0.4 is 11.1 Å². The molecular formula is C14H18N4O. The molecule has 0 spiro atoms. The largest absolute Gasteiger partial charge is 0.348 e. The van der Waals surface area contributed by atoms with Gasteiger partial charge in [0.05, 0.1) is 17.8 Å². The number of hydrogen-bond donors (Lipinski definition) is 2. The van der Waals surface area contributed by atoms with Crippen molar-refractivity contribution in [1.29, 1.82) is 0 Å².